The monoisotopic (exact) mass is 1110 g/mol. The van der Waals surface area contributed by atoms with Crippen molar-refractivity contribution in [1.29, 1.82) is 0 Å². The Morgan fingerprint density at radius 3 is 0.448 bits per heavy atom. The summed E-state index contributed by atoms with van der Waals surface area (Å²) in [6.45, 7) is 34.5. The van der Waals surface area contributed by atoms with E-state index in [1.165, 1.54) is 268 Å². The van der Waals surface area contributed by atoms with Crippen LogP contribution in [-0.4, -0.2) is 0 Å². The van der Waals surface area contributed by atoms with Gasteiger partial charge in [0, 0.05) is 0 Å². The predicted octanol–water partition coefficient (Wildman–Crippen LogP) is 25.1. The first-order valence-electron chi connectivity index (χ1n) is 31.5. The van der Waals surface area contributed by atoms with E-state index in [1.807, 2.05) is 0 Å². The molecule has 0 unspecified atom stereocenters. The van der Waals surface area contributed by atoms with Crippen LogP contribution >= 0.6 is 0 Å². The van der Waals surface area contributed by atoms with E-state index in [1.54, 1.807) is 0 Å². The van der Waals surface area contributed by atoms with Gasteiger partial charge in [-0.2, -0.15) is 0 Å². The Morgan fingerprint density at radius 2 is 0.287 bits per heavy atom. The van der Waals surface area contributed by atoms with Gasteiger partial charge in [-0.1, -0.05) is 107 Å². The van der Waals surface area contributed by atoms with Crippen molar-refractivity contribution in [2.75, 3.05) is 0 Å². The third kappa shape index (κ3) is 6.48. The van der Waals surface area contributed by atoms with Gasteiger partial charge in [-0.15, -0.1) is 0 Å². The van der Waals surface area contributed by atoms with Crippen LogP contribution in [0.2, 0.25) is 0 Å². The van der Waals surface area contributed by atoms with Crippen LogP contribution in [-0.2, 0) is 0 Å². The maximum atomic E-state index is 2.63. The van der Waals surface area contributed by atoms with Crippen LogP contribution in [0.1, 0.15) is 83.5 Å². The summed E-state index contributed by atoms with van der Waals surface area (Å²) in [6.07, 6.45) is 0. The molecular weight excluding hydrogens is 1040 g/mol. The Kier molecular flexibility index (Phi) is 9.94. The number of hydrogen-bond donors (Lipinski definition) is 0. The smallest absolute Gasteiger partial charge is 0.0000469 e. The molecular formula is C87H68. The molecule has 0 aliphatic carbocycles. The molecule has 87 heavy (non-hydrogen) atoms. The summed E-state index contributed by atoms with van der Waals surface area (Å²) in [7, 11) is 0. The highest BCUT2D eigenvalue weighted by Crippen LogP contribution is 2.62. The van der Waals surface area contributed by atoms with Crippen molar-refractivity contribution >= 4 is 129 Å². The standard InChI is InChI=1S/C87H68/c1-39-19-44(6)71(45(7)20-39)54-29-61-59-17-16-18-60-62-30-55(72-46(8)21-40(2)22-47(72)9)32-64-66-34-57(74-50(12)25-42(4)26-51(74)13)36-68-70-38-58(75-52(14)27-43(5)28-53(75)15)37-69-67-35-56(73-48(10)23-41(3)24-49(73)11)33-65-63(31-54)77(61)83-82(76(59)60)84(78(62)64)86(80(66)68)87(81(69)70)85(83)79(65)67/h16-38H,1-15H3. The number of rotatable bonds is 5. The summed E-state index contributed by atoms with van der Waals surface area (Å²) >= 11 is 0. The van der Waals surface area contributed by atoms with Crippen molar-refractivity contribution in [2.24, 2.45) is 0 Å². The summed E-state index contributed by atoms with van der Waals surface area (Å²) in [4.78, 5) is 0. The Bertz CT molecular complexity index is 5680. The van der Waals surface area contributed by atoms with E-state index in [4.69, 9.17) is 0 Å². The van der Waals surface area contributed by atoms with Crippen LogP contribution in [0.5, 0.6) is 0 Å². The molecule has 416 valence electrons. The molecule has 18 aromatic carbocycles. The minimum atomic E-state index is 1.28. The van der Waals surface area contributed by atoms with E-state index < -0.39 is 0 Å². The van der Waals surface area contributed by atoms with Crippen LogP contribution in [0.4, 0.5) is 0 Å². The van der Waals surface area contributed by atoms with Crippen molar-refractivity contribution in [3.05, 3.63) is 223 Å². The van der Waals surface area contributed by atoms with Gasteiger partial charge in [0.25, 0.3) is 0 Å². The van der Waals surface area contributed by atoms with E-state index >= 15 is 0 Å². The summed E-state index contributed by atoms with van der Waals surface area (Å²) in [5.41, 5.74) is 32.8. The zero-order chi connectivity index (χ0) is 59.6. The topological polar surface area (TPSA) is 0 Å². The van der Waals surface area contributed by atoms with Gasteiger partial charge in [-0.3, -0.25) is 0 Å². The number of hydrogen-bond acceptors (Lipinski definition) is 0. The van der Waals surface area contributed by atoms with Gasteiger partial charge >= 0.3 is 0 Å². The Hall–Kier alpha value is -9.36. The summed E-state index contributed by atoms with van der Waals surface area (Å²) in [6, 6.07) is 57.5. The second-order valence-corrected chi connectivity index (χ2v) is 27.6. The van der Waals surface area contributed by atoms with Crippen LogP contribution in [0.25, 0.3) is 185 Å². The second-order valence-electron chi connectivity index (χ2n) is 27.6. The van der Waals surface area contributed by atoms with Crippen molar-refractivity contribution in [3.8, 4) is 55.6 Å². The maximum absolute atomic E-state index is 2.63. The molecule has 0 radical (unpaired) electrons. The van der Waals surface area contributed by atoms with Gasteiger partial charge in [0.05, 0.1) is 0 Å². The van der Waals surface area contributed by atoms with Gasteiger partial charge in [0.15, 0.2) is 0 Å². The molecule has 0 saturated heterocycles. The maximum Gasteiger partial charge on any atom is -0.0000469 e. The van der Waals surface area contributed by atoms with Gasteiger partial charge in [-0.05, 0) is 405 Å². The largest absolute Gasteiger partial charge is 0.0610 e. The zero-order valence-electron chi connectivity index (χ0n) is 52.8. The fourth-order valence-corrected chi connectivity index (χ4v) is 19.1. The molecule has 0 bridgehead atoms. The fourth-order valence-electron chi connectivity index (χ4n) is 19.1. The molecule has 0 fully saturated rings. The number of aryl methyl sites for hydroxylation is 15. The molecule has 0 heteroatoms. The van der Waals surface area contributed by atoms with E-state index in [-0.39, 0.29) is 0 Å². The molecule has 0 aliphatic rings. The SMILES string of the molecule is Cc1cc(C)c(-c2cc3c4cccc5c6cc(-c7c(C)cc(C)cc7C)cc7c8cc(-c9c(C)cc(C)cc9C)cc9c%10cc(-c%11c(C)cc(C)cc%11C)cc%11c%12cc(-c%13c(C)cc(C)cc%13C)cc%13c(c2)c3c2c(c45)c(c67)c(c89)c(c%11%10)c2c%13%12)c(C)c1. The molecule has 0 nitrogen and oxygen atoms in total. The van der Waals surface area contributed by atoms with E-state index in [0.717, 1.165) is 0 Å². The molecule has 0 aromatic heterocycles. The van der Waals surface area contributed by atoms with E-state index in [9.17, 15) is 0 Å². The lowest BCUT2D eigenvalue weighted by atomic mass is 9.72. The fraction of sp³-hybridized carbons (Fsp3) is 0.172. The molecule has 0 heterocycles. The van der Waals surface area contributed by atoms with Crippen molar-refractivity contribution in [3.63, 3.8) is 0 Å². The van der Waals surface area contributed by atoms with Crippen molar-refractivity contribution < 1.29 is 0 Å². The van der Waals surface area contributed by atoms with Crippen molar-refractivity contribution in [1.82, 2.24) is 0 Å². The molecule has 0 amide bonds. The second kappa shape index (κ2) is 17.0. The average molecular weight is 1110 g/mol. The van der Waals surface area contributed by atoms with Gasteiger partial charge in [-0.25, -0.2) is 0 Å². The molecule has 18 aromatic rings. The highest BCUT2D eigenvalue weighted by atomic mass is 14.4. The zero-order valence-corrected chi connectivity index (χ0v) is 52.8. The predicted molar refractivity (Wildman–Crippen MR) is 382 cm³/mol. The van der Waals surface area contributed by atoms with Gasteiger partial charge in [0.2, 0.25) is 0 Å². The first kappa shape index (κ1) is 50.9. The van der Waals surface area contributed by atoms with Gasteiger partial charge in [0.1, 0.15) is 0 Å². The quantitative estimate of drug-likeness (QED) is 0.119. The molecule has 0 saturated carbocycles. The third-order valence-electron chi connectivity index (χ3n) is 21.3. The Morgan fingerprint density at radius 1 is 0.149 bits per heavy atom. The lowest BCUT2D eigenvalue weighted by Gasteiger charge is -2.30. The lowest BCUT2D eigenvalue weighted by molar-refractivity contribution is 1.32. The average Bonchev–Trinajstić information content (AvgIpc) is 0.646. The summed E-state index contributed by atoms with van der Waals surface area (Å²) in [5.74, 6) is 0. The summed E-state index contributed by atoms with van der Waals surface area (Å²) in [5, 5.41) is 32.9. The minimum absolute atomic E-state index is 1.28. The molecule has 0 atom stereocenters. The first-order valence-corrected chi connectivity index (χ1v) is 31.5. The summed E-state index contributed by atoms with van der Waals surface area (Å²) < 4.78 is 0. The van der Waals surface area contributed by atoms with Crippen LogP contribution in [0.15, 0.2) is 140 Å². The number of fused-ring (bicyclic) bond motifs is 6. The normalized spacial score (nSPS) is 12.8. The highest BCUT2D eigenvalue weighted by molar-refractivity contribution is 6.61. The molecule has 0 spiro atoms. The number of benzene rings is 18. The first-order chi connectivity index (χ1) is 41.8. The Labute approximate surface area is 508 Å². The molecule has 0 N–H and O–H groups in total. The van der Waals surface area contributed by atoms with Gasteiger partial charge < -0.3 is 0 Å². The van der Waals surface area contributed by atoms with E-state index in [2.05, 4.69) is 243 Å². The third-order valence-corrected chi connectivity index (χ3v) is 21.3. The Balaban J connectivity index is 1.19. The van der Waals surface area contributed by atoms with Crippen molar-refractivity contribution in [2.45, 2.75) is 104 Å². The van der Waals surface area contributed by atoms with Crippen LogP contribution < -0.4 is 0 Å². The minimum Gasteiger partial charge on any atom is -0.0610 e. The highest BCUT2D eigenvalue weighted by Gasteiger charge is 2.34. The molecule has 0 aliphatic heterocycles. The van der Waals surface area contributed by atoms with Crippen LogP contribution in [0, 0.1) is 104 Å². The lowest BCUT2D eigenvalue weighted by Crippen LogP contribution is -2.02. The van der Waals surface area contributed by atoms with E-state index in [0.29, 0.717) is 0 Å². The van der Waals surface area contributed by atoms with Crippen LogP contribution in [0.3, 0.4) is 0 Å². The molecule has 18 rings (SSSR count).